The van der Waals surface area contributed by atoms with Crippen LogP contribution in [0.3, 0.4) is 0 Å². The van der Waals surface area contributed by atoms with Crippen LogP contribution in [0.25, 0.3) is 0 Å². The monoisotopic (exact) mass is 410 g/mol. The molecule has 30 heavy (non-hydrogen) atoms. The van der Waals surface area contributed by atoms with Gasteiger partial charge in [-0.25, -0.2) is 14.3 Å². The molecule has 1 amide bonds. The number of ether oxygens (including phenoxy) is 1. The maximum Gasteiger partial charge on any atom is 0.343 e. The smallest absolute Gasteiger partial charge is 0.343 e. The van der Waals surface area contributed by atoms with E-state index in [0.717, 1.165) is 5.56 Å². The number of halogens is 1. The van der Waals surface area contributed by atoms with Gasteiger partial charge in [-0.2, -0.15) is 5.10 Å². The van der Waals surface area contributed by atoms with Gasteiger partial charge in [-0.1, -0.05) is 18.2 Å². The van der Waals surface area contributed by atoms with Crippen molar-refractivity contribution in [1.29, 1.82) is 0 Å². The van der Waals surface area contributed by atoms with Gasteiger partial charge in [0, 0.05) is 24.6 Å². The number of nitrogens with zero attached hydrogens (tertiary/aromatic N) is 3. The minimum atomic E-state index is -0.313. The highest BCUT2D eigenvalue weighted by Crippen LogP contribution is 2.27. The molecule has 1 N–H and O–H groups in total. The average Bonchev–Trinajstić information content (AvgIpc) is 3.15. The van der Waals surface area contributed by atoms with Gasteiger partial charge >= 0.3 is 5.69 Å². The van der Waals surface area contributed by atoms with Crippen molar-refractivity contribution in [3.63, 3.8) is 0 Å². The number of H-pyrrole nitrogens is 1. The molecule has 0 unspecified atom stereocenters. The average molecular weight is 410 g/mol. The Balaban J connectivity index is 1.45. The van der Waals surface area contributed by atoms with Crippen molar-refractivity contribution in [3.05, 3.63) is 81.8 Å². The Bertz CT molecular complexity index is 1080. The molecule has 0 bridgehead atoms. The Hall–Kier alpha value is -3.42. The number of likely N-dealkylation sites (tertiary alicyclic amines) is 1. The minimum absolute atomic E-state index is 0.0296. The first-order valence-corrected chi connectivity index (χ1v) is 9.88. The van der Waals surface area contributed by atoms with Crippen LogP contribution in [0.5, 0.6) is 5.75 Å². The van der Waals surface area contributed by atoms with E-state index in [1.165, 1.54) is 12.1 Å². The van der Waals surface area contributed by atoms with Gasteiger partial charge in [0.1, 0.15) is 17.4 Å². The SMILES string of the molecule is COc1cccc(C(=O)N2CCC(c3n[nH]c(=O)n3Cc3ccc(F)cc3)CC2)c1. The molecule has 0 spiro atoms. The van der Waals surface area contributed by atoms with Crippen molar-refractivity contribution in [2.75, 3.05) is 20.2 Å². The van der Waals surface area contributed by atoms with Gasteiger partial charge < -0.3 is 9.64 Å². The van der Waals surface area contributed by atoms with Crippen LogP contribution >= 0.6 is 0 Å². The molecule has 0 atom stereocenters. The van der Waals surface area contributed by atoms with Gasteiger partial charge in [0.2, 0.25) is 0 Å². The van der Waals surface area contributed by atoms with Crippen molar-refractivity contribution < 1.29 is 13.9 Å². The van der Waals surface area contributed by atoms with Gasteiger partial charge in [0.05, 0.1) is 13.7 Å². The van der Waals surface area contributed by atoms with Crippen LogP contribution in [0, 0.1) is 5.82 Å². The summed E-state index contributed by atoms with van der Waals surface area (Å²) in [6, 6.07) is 13.2. The number of methoxy groups -OCH3 is 1. The Morgan fingerprint density at radius 3 is 2.63 bits per heavy atom. The Morgan fingerprint density at radius 1 is 1.20 bits per heavy atom. The third kappa shape index (κ3) is 4.12. The van der Waals surface area contributed by atoms with Gasteiger partial charge in [0.25, 0.3) is 5.91 Å². The third-order valence-corrected chi connectivity index (χ3v) is 5.51. The second-order valence-corrected chi connectivity index (χ2v) is 7.40. The molecule has 7 nitrogen and oxygen atoms in total. The molecule has 1 saturated heterocycles. The van der Waals surface area contributed by atoms with Crippen molar-refractivity contribution in [3.8, 4) is 5.75 Å². The van der Waals surface area contributed by atoms with Crippen molar-refractivity contribution in [2.45, 2.75) is 25.3 Å². The first-order valence-electron chi connectivity index (χ1n) is 9.88. The fourth-order valence-corrected chi connectivity index (χ4v) is 3.85. The molecule has 0 aliphatic carbocycles. The predicted octanol–water partition coefficient (Wildman–Crippen LogP) is 2.79. The summed E-state index contributed by atoms with van der Waals surface area (Å²) in [5.41, 5.74) is 1.14. The Morgan fingerprint density at radius 2 is 1.93 bits per heavy atom. The molecule has 3 aromatic rings. The Kier molecular flexibility index (Phi) is 5.65. The van der Waals surface area contributed by atoms with E-state index in [2.05, 4.69) is 10.2 Å². The lowest BCUT2D eigenvalue weighted by atomic mass is 9.95. The number of hydrogen-bond acceptors (Lipinski definition) is 4. The zero-order valence-electron chi connectivity index (χ0n) is 16.7. The van der Waals surface area contributed by atoms with Crippen molar-refractivity contribution >= 4 is 5.91 Å². The maximum absolute atomic E-state index is 13.2. The number of nitrogens with one attached hydrogen (secondary N) is 1. The number of aromatic nitrogens is 3. The Labute approximate surface area is 173 Å². The number of piperidine rings is 1. The van der Waals surface area contributed by atoms with E-state index < -0.39 is 0 Å². The highest BCUT2D eigenvalue weighted by atomic mass is 19.1. The van der Waals surface area contributed by atoms with Gasteiger partial charge in [-0.15, -0.1) is 0 Å². The lowest BCUT2D eigenvalue weighted by Gasteiger charge is -2.31. The maximum atomic E-state index is 13.2. The van der Waals surface area contributed by atoms with E-state index in [9.17, 15) is 14.0 Å². The zero-order chi connectivity index (χ0) is 21.1. The number of amides is 1. The third-order valence-electron chi connectivity index (χ3n) is 5.51. The first-order chi connectivity index (χ1) is 14.5. The number of aromatic amines is 1. The summed E-state index contributed by atoms with van der Waals surface area (Å²) in [7, 11) is 1.57. The highest BCUT2D eigenvalue weighted by molar-refractivity contribution is 5.94. The number of rotatable bonds is 5. The van der Waals surface area contributed by atoms with Crippen LogP contribution < -0.4 is 10.4 Å². The molecule has 156 valence electrons. The van der Waals surface area contributed by atoms with Crippen LogP contribution in [-0.4, -0.2) is 45.8 Å². The summed E-state index contributed by atoms with van der Waals surface area (Å²) < 4.78 is 20.0. The molecule has 8 heteroatoms. The summed E-state index contributed by atoms with van der Waals surface area (Å²) >= 11 is 0. The molecular weight excluding hydrogens is 387 g/mol. The summed E-state index contributed by atoms with van der Waals surface area (Å²) in [5.74, 6) is 1.05. The van der Waals surface area contributed by atoms with Gasteiger partial charge in [-0.05, 0) is 48.7 Å². The molecule has 4 rings (SSSR count). The molecule has 2 aromatic carbocycles. The summed E-state index contributed by atoms with van der Waals surface area (Å²) in [4.78, 5) is 26.9. The zero-order valence-corrected chi connectivity index (χ0v) is 16.7. The van der Waals surface area contributed by atoms with Crippen LogP contribution in [0.2, 0.25) is 0 Å². The van der Waals surface area contributed by atoms with Crippen LogP contribution in [0.4, 0.5) is 4.39 Å². The van der Waals surface area contributed by atoms with Gasteiger partial charge in [0.15, 0.2) is 0 Å². The molecular formula is C22H23FN4O3. The summed E-state index contributed by atoms with van der Waals surface area (Å²) in [5, 5.41) is 6.76. The molecule has 1 aromatic heterocycles. The van der Waals surface area contributed by atoms with E-state index in [1.807, 2.05) is 4.90 Å². The first kappa shape index (κ1) is 19.9. The number of carbonyl (C=O) groups is 1. The second-order valence-electron chi connectivity index (χ2n) is 7.40. The van der Waals surface area contributed by atoms with Crippen LogP contribution in [0.15, 0.2) is 53.3 Å². The van der Waals surface area contributed by atoms with E-state index >= 15 is 0 Å². The van der Waals surface area contributed by atoms with Crippen molar-refractivity contribution in [1.82, 2.24) is 19.7 Å². The number of hydrogen-bond donors (Lipinski definition) is 1. The molecule has 0 radical (unpaired) electrons. The number of carbonyl (C=O) groups excluding carboxylic acids is 1. The number of benzene rings is 2. The van der Waals surface area contributed by atoms with Gasteiger partial charge in [-0.3, -0.25) is 9.36 Å². The molecule has 1 aliphatic heterocycles. The standard InChI is InChI=1S/C22H23FN4O3/c1-30-19-4-2-3-17(13-19)21(28)26-11-9-16(10-12-26)20-24-25-22(29)27(20)14-15-5-7-18(23)8-6-15/h2-8,13,16H,9-12,14H2,1H3,(H,25,29). The summed E-state index contributed by atoms with van der Waals surface area (Å²) in [6.45, 7) is 1.49. The molecule has 1 aliphatic rings. The molecule has 0 saturated carbocycles. The van der Waals surface area contributed by atoms with Crippen LogP contribution in [-0.2, 0) is 6.54 Å². The van der Waals surface area contributed by atoms with E-state index in [4.69, 9.17) is 4.74 Å². The second kappa shape index (κ2) is 8.52. The lowest BCUT2D eigenvalue weighted by molar-refractivity contribution is 0.0710. The summed E-state index contributed by atoms with van der Waals surface area (Å²) in [6.07, 6.45) is 1.42. The fraction of sp³-hybridized carbons (Fsp3) is 0.318. The van der Waals surface area contributed by atoms with Crippen LogP contribution in [0.1, 0.15) is 40.5 Å². The highest BCUT2D eigenvalue weighted by Gasteiger charge is 2.28. The molecule has 1 fully saturated rings. The predicted molar refractivity (Wildman–Crippen MR) is 109 cm³/mol. The molecule has 2 heterocycles. The van der Waals surface area contributed by atoms with E-state index in [0.29, 0.717) is 49.6 Å². The van der Waals surface area contributed by atoms with E-state index in [-0.39, 0.29) is 23.3 Å². The lowest BCUT2D eigenvalue weighted by Crippen LogP contribution is -2.38. The minimum Gasteiger partial charge on any atom is -0.497 e. The fourth-order valence-electron chi connectivity index (χ4n) is 3.85. The topological polar surface area (TPSA) is 80.2 Å². The van der Waals surface area contributed by atoms with Crippen molar-refractivity contribution in [2.24, 2.45) is 0 Å². The largest absolute Gasteiger partial charge is 0.497 e. The van der Waals surface area contributed by atoms with E-state index in [1.54, 1.807) is 48.1 Å². The quantitative estimate of drug-likeness (QED) is 0.702. The normalized spacial score (nSPS) is 14.7.